The van der Waals surface area contributed by atoms with Gasteiger partial charge in [-0.25, -0.2) is 0 Å². The highest BCUT2D eigenvalue weighted by molar-refractivity contribution is 5.77. The number of alkyl halides is 3. The van der Waals surface area contributed by atoms with Gasteiger partial charge in [0.1, 0.15) is 0 Å². The van der Waals surface area contributed by atoms with Crippen LogP contribution in [0, 0.1) is 30.6 Å². The first-order valence-electron chi connectivity index (χ1n) is 11.5. The molecule has 0 saturated heterocycles. The number of nitrogens with two attached hydrogens (primary N) is 1. The predicted octanol–water partition coefficient (Wildman–Crippen LogP) is 5.99. The number of hydrogen-bond donors (Lipinski definition) is 2. The van der Waals surface area contributed by atoms with Crippen LogP contribution in [0.1, 0.15) is 62.6 Å². The molecule has 1 aliphatic carbocycles. The highest BCUT2D eigenvalue weighted by Gasteiger charge is 2.34. The molecule has 0 aliphatic heterocycles. The predicted molar refractivity (Wildman–Crippen MR) is 124 cm³/mol. The van der Waals surface area contributed by atoms with Crippen molar-refractivity contribution in [2.24, 2.45) is 29.4 Å². The lowest BCUT2D eigenvalue weighted by atomic mass is 9.69. The van der Waals surface area contributed by atoms with E-state index in [-0.39, 0.29) is 30.2 Å². The fourth-order valence-corrected chi connectivity index (χ4v) is 4.75. The Morgan fingerprint density at radius 1 is 1.19 bits per heavy atom. The Hall–Kier alpha value is -2.08. The highest BCUT2D eigenvalue weighted by atomic mass is 19.4. The van der Waals surface area contributed by atoms with Crippen LogP contribution in [0.5, 0.6) is 0 Å². The van der Waals surface area contributed by atoms with E-state index >= 15 is 0 Å². The van der Waals surface area contributed by atoms with Gasteiger partial charge in [0.05, 0.1) is 12.1 Å². The Bertz CT molecular complexity index is 816. The van der Waals surface area contributed by atoms with Crippen LogP contribution in [0.4, 0.5) is 13.2 Å². The lowest BCUT2D eigenvalue weighted by molar-refractivity contribution is -0.137. The maximum Gasteiger partial charge on any atom is 0.416 e. The summed E-state index contributed by atoms with van der Waals surface area (Å²) in [4.78, 5) is 11.5. The first kappa shape index (κ1) is 26.2. The summed E-state index contributed by atoms with van der Waals surface area (Å²) in [6.45, 7) is 8.79. The van der Waals surface area contributed by atoms with Gasteiger partial charge in [-0.3, -0.25) is 4.79 Å². The number of hydrogen-bond acceptors (Lipinski definition) is 2. The number of nitrogens with one attached hydrogen (secondary N) is 1. The minimum absolute atomic E-state index is 0.0163. The number of benzene rings is 1. The molecule has 0 fully saturated rings. The molecule has 1 aliphatic rings. The maximum atomic E-state index is 13.4. The van der Waals surface area contributed by atoms with E-state index in [4.69, 9.17) is 5.73 Å². The third kappa shape index (κ3) is 7.22. The standard InChI is InChI=1S/C26H37F3N2O/c1-17(16-31-25(32)15-30)10-13-23(19(3)21-8-6-5-7-9-21)20(4)24-14-22(26(27,28)29)12-11-18(24)2/h5-8,11-12,14,17,19-21,23H,9-10,13,15-16,30H2,1-4H3,(H,31,32)/t17-,19+,20+,21?,23+/m1/s1. The Labute approximate surface area is 190 Å². The summed E-state index contributed by atoms with van der Waals surface area (Å²) in [6, 6.07) is 4.09. The lowest BCUT2D eigenvalue weighted by Crippen LogP contribution is -2.34. The zero-order valence-electron chi connectivity index (χ0n) is 19.6. The van der Waals surface area contributed by atoms with E-state index in [2.05, 4.69) is 44.3 Å². The third-order valence-electron chi connectivity index (χ3n) is 6.93. The molecule has 1 amide bonds. The molecule has 0 saturated carbocycles. The number of carbonyl (C=O) groups is 1. The van der Waals surface area contributed by atoms with Crippen LogP contribution in [-0.4, -0.2) is 19.0 Å². The summed E-state index contributed by atoms with van der Waals surface area (Å²) in [5.74, 6) is 0.964. The number of amides is 1. The van der Waals surface area contributed by atoms with Gasteiger partial charge in [-0.2, -0.15) is 13.2 Å². The Balaban J connectivity index is 2.24. The van der Waals surface area contributed by atoms with E-state index in [9.17, 15) is 18.0 Å². The van der Waals surface area contributed by atoms with E-state index in [1.54, 1.807) is 6.07 Å². The molecule has 32 heavy (non-hydrogen) atoms. The van der Waals surface area contributed by atoms with Crippen LogP contribution in [0.25, 0.3) is 0 Å². The van der Waals surface area contributed by atoms with E-state index in [1.165, 1.54) is 12.1 Å². The maximum absolute atomic E-state index is 13.4. The van der Waals surface area contributed by atoms with Crippen LogP contribution in [0.15, 0.2) is 42.5 Å². The van der Waals surface area contributed by atoms with Crippen molar-refractivity contribution in [2.75, 3.05) is 13.1 Å². The molecule has 1 unspecified atom stereocenters. The average molecular weight is 451 g/mol. The topological polar surface area (TPSA) is 55.1 Å². The summed E-state index contributed by atoms with van der Waals surface area (Å²) in [5, 5.41) is 2.83. The molecule has 178 valence electrons. The fourth-order valence-electron chi connectivity index (χ4n) is 4.75. The molecule has 0 spiro atoms. The van der Waals surface area contributed by atoms with E-state index in [0.29, 0.717) is 18.4 Å². The highest BCUT2D eigenvalue weighted by Crippen LogP contribution is 2.42. The summed E-state index contributed by atoms with van der Waals surface area (Å²) >= 11 is 0. The van der Waals surface area contributed by atoms with Crippen LogP contribution >= 0.6 is 0 Å². The molecule has 0 radical (unpaired) electrons. The molecule has 3 nitrogen and oxygen atoms in total. The monoisotopic (exact) mass is 450 g/mol. The van der Waals surface area contributed by atoms with Crippen molar-refractivity contribution in [1.82, 2.24) is 5.32 Å². The molecule has 0 heterocycles. The van der Waals surface area contributed by atoms with Gasteiger partial charge < -0.3 is 11.1 Å². The van der Waals surface area contributed by atoms with Crippen molar-refractivity contribution in [2.45, 2.75) is 59.1 Å². The number of carbonyl (C=O) groups excluding carboxylic acids is 1. The molecule has 1 aromatic carbocycles. The fraction of sp³-hybridized carbons (Fsp3) is 0.577. The average Bonchev–Trinajstić information content (AvgIpc) is 2.77. The second kappa shape index (κ2) is 11.7. The minimum atomic E-state index is -4.35. The SMILES string of the molecule is Cc1ccc(C(F)(F)F)cc1[C@@H](C)[C@@H](CC[C@@H](C)CNC(=O)CN)[C@@H](C)C1C=CC=CC1. The van der Waals surface area contributed by atoms with Gasteiger partial charge in [0.15, 0.2) is 0 Å². The molecule has 3 N–H and O–H groups in total. The molecule has 6 heteroatoms. The van der Waals surface area contributed by atoms with Gasteiger partial charge in [-0.05, 0) is 79.0 Å². The van der Waals surface area contributed by atoms with Crippen molar-refractivity contribution < 1.29 is 18.0 Å². The molecular formula is C26H37F3N2O. The summed E-state index contributed by atoms with van der Waals surface area (Å²) < 4.78 is 40.2. The second-order valence-corrected chi connectivity index (χ2v) is 9.28. The van der Waals surface area contributed by atoms with E-state index in [0.717, 1.165) is 30.4 Å². The molecule has 0 bridgehead atoms. The molecular weight excluding hydrogens is 413 g/mol. The molecule has 5 atom stereocenters. The van der Waals surface area contributed by atoms with Gasteiger partial charge in [0.2, 0.25) is 5.91 Å². The van der Waals surface area contributed by atoms with Crippen molar-refractivity contribution >= 4 is 5.91 Å². The van der Waals surface area contributed by atoms with Crippen LogP contribution in [0.2, 0.25) is 0 Å². The van der Waals surface area contributed by atoms with E-state index < -0.39 is 11.7 Å². The van der Waals surface area contributed by atoms with Crippen molar-refractivity contribution in [3.8, 4) is 0 Å². The van der Waals surface area contributed by atoms with Gasteiger partial charge in [0.25, 0.3) is 0 Å². The van der Waals surface area contributed by atoms with Gasteiger partial charge in [0, 0.05) is 6.54 Å². The quantitative estimate of drug-likeness (QED) is 0.460. The summed E-state index contributed by atoms with van der Waals surface area (Å²) in [6.07, 6.45) is 6.84. The van der Waals surface area contributed by atoms with Crippen molar-refractivity contribution in [1.29, 1.82) is 0 Å². The van der Waals surface area contributed by atoms with Crippen LogP contribution in [0.3, 0.4) is 0 Å². The van der Waals surface area contributed by atoms with E-state index in [1.807, 2.05) is 13.0 Å². The Kier molecular flexibility index (Phi) is 9.56. The number of halogens is 3. The summed E-state index contributed by atoms with van der Waals surface area (Å²) in [5.41, 5.74) is 6.44. The zero-order chi connectivity index (χ0) is 23.9. The molecule has 0 aromatic heterocycles. The largest absolute Gasteiger partial charge is 0.416 e. The smallest absolute Gasteiger partial charge is 0.355 e. The van der Waals surface area contributed by atoms with Crippen molar-refractivity contribution in [3.05, 3.63) is 59.2 Å². The van der Waals surface area contributed by atoms with Gasteiger partial charge in [-0.15, -0.1) is 0 Å². The second-order valence-electron chi connectivity index (χ2n) is 9.28. The number of aryl methyl sites for hydroxylation is 1. The van der Waals surface area contributed by atoms with Gasteiger partial charge >= 0.3 is 6.18 Å². The van der Waals surface area contributed by atoms with Gasteiger partial charge in [-0.1, -0.05) is 51.1 Å². The lowest BCUT2D eigenvalue weighted by Gasteiger charge is -2.36. The third-order valence-corrected chi connectivity index (χ3v) is 6.93. The normalized spacial score (nSPS) is 19.9. The Morgan fingerprint density at radius 2 is 1.91 bits per heavy atom. The first-order valence-corrected chi connectivity index (χ1v) is 11.5. The number of rotatable bonds is 10. The first-order chi connectivity index (χ1) is 15.0. The molecule has 2 rings (SSSR count). The molecule has 1 aromatic rings. The van der Waals surface area contributed by atoms with Crippen LogP contribution in [-0.2, 0) is 11.0 Å². The van der Waals surface area contributed by atoms with Crippen molar-refractivity contribution in [3.63, 3.8) is 0 Å². The minimum Gasteiger partial charge on any atom is -0.355 e. The summed E-state index contributed by atoms with van der Waals surface area (Å²) in [7, 11) is 0. The van der Waals surface area contributed by atoms with Crippen LogP contribution < -0.4 is 11.1 Å². The zero-order valence-corrected chi connectivity index (χ0v) is 19.6. The Morgan fingerprint density at radius 3 is 2.50 bits per heavy atom. The number of allylic oxidation sites excluding steroid dienone is 4.